The normalized spacial score (nSPS) is 15.1. The third-order valence-electron chi connectivity index (χ3n) is 5.43. The van der Waals surface area contributed by atoms with Gasteiger partial charge in [-0.3, -0.25) is 4.79 Å². The molecule has 4 rings (SSSR count). The number of rotatable bonds is 8. The van der Waals surface area contributed by atoms with Crippen LogP contribution >= 0.6 is 11.3 Å². The van der Waals surface area contributed by atoms with Gasteiger partial charge in [0.1, 0.15) is 11.8 Å². The van der Waals surface area contributed by atoms with Gasteiger partial charge in [0.05, 0.1) is 13.3 Å². The zero-order chi connectivity index (χ0) is 20.9. The molecule has 0 spiro atoms. The first-order chi connectivity index (χ1) is 14.6. The third-order valence-corrected chi connectivity index (χ3v) is 6.12. The van der Waals surface area contributed by atoms with Gasteiger partial charge in [0.15, 0.2) is 22.5 Å². The third kappa shape index (κ3) is 4.59. The van der Waals surface area contributed by atoms with Crippen LogP contribution in [0.15, 0.2) is 48.1 Å². The van der Waals surface area contributed by atoms with Crippen LogP contribution in [0.1, 0.15) is 38.1 Å². The lowest BCUT2D eigenvalue weighted by Crippen LogP contribution is -2.27. The monoisotopic (exact) mass is 427 g/mol. The summed E-state index contributed by atoms with van der Waals surface area (Å²) < 4.78 is 12.8. The predicted molar refractivity (Wildman–Crippen MR) is 116 cm³/mol. The smallest absolute Gasteiger partial charge is 0.249 e. The van der Waals surface area contributed by atoms with Crippen LogP contribution in [-0.4, -0.2) is 27.7 Å². The number of carbonyl (C=O) groups excluding carboxylic acids is 1. The van der Waals surface area contributed by atoms with E-state index in [2.05, 4.69) is 10.3 Å². The Morgan fingerprint density at radius 2 is 2.10 bits per heavy atom. The molecule has 2 heterocycles. The molecule has 0 aliphatic heterocycles. The fraction of sp³-hybridized carbons (Fsp3) is 0.364. The number of amides is 1. The highest BCUT2D eigenvalue weighted by Crippen LogP contribution is 2.38. The minimum atomic E-state index is -0.549. The van der Waals surface area contributed by atoms with Gasteiger partial charge in [-0.1, -0.05) is 37.8 Å². The van der Waals surface area contributed by atoms with Crippen molar-refractivity contribution in [3.8, 4) is 23.1 Å². The molecule has 1 atom stereocenters. The zero-order valence-corrected chi connectivity index (χ0v) is 17.6. The second kappa shape index (κ2) is 9.21. The van der Waals surface area contributed by atoms with Gasteiger partial charge in [0.25, 0.3) is 0 Å². The van der Waals surface area contributed by atoms with Gasteiger partial charge in [-0.15, -0.1) is 11.3 Å². The Labute approximate surface area is 179 Å². The Morgan fingerprint density at radius 3 is 2.80 bits per heavy atom. The highest BCUT2D eigenvalue weighted by molar-refractivity contribution is 7.13. The van der Waals surface area contributed by atoms with E-state index >= 15 is 0 Å². The molecule has 0 saturated heterocycles. The van der Waals surface area contributed by atoms with E-state index in [0.717, 1.165) is 12.8 Å². The summed E-state index contributed by atoms with van der Waals surface area (Å²) in [4.78, 5) is 17.2. The molecule has 158 valence electrons. The number of hydrogen-bond acceptors (Lipinski definition) is 6. The number of aromatic hydroxyl groups is 1. The number of hydrogen-bond donors (Lipinski definition) is 2. The largest absolute Gasteiger partial charge is 0.494 e. The average Bonchev–Trinajstić information content (AvgIpc) is 3.50. The van der Waals surface area contributed by atoms with Crippen LogP contribution in [0, 0.1) is 5.92 Å². The maximum absolute atomic E-state index is 13.1. The summed E-state index contributed by atoms with van der Waals surface area (Å²) in [6, 6.07) is 8.26. The van der Waals surface area contributed by atoms with E-state index < -0.39 is 6.04 Å². The van der Waals surface area contributed by atoms with E-state index in [-0.39, 0.29) is 11.8 Å². The van der Waals surface area contributed by atoms with Crippen LogP contribution in [0.5, 0.6) is 23.1 Å². The molecule has 1 aliphatic rings. The van der Waals surface area contributed by atoms with Crippen LogP contribution in [0.2, 0.25) is 0 Å². The van der Waals surface area contributed by atoms with E-state index in [0.29, 0.717) is 34.7 Å². The quantitative estimate of drug-likeness (QED) is 0.515. The Bertz CT molecular complexity index is 980. The highest BCUT2D eigenvalue weighted by Gasteiger charge is 2.29. The Kier molecular flexibility index (Phi) is 6.23. The molecule has 2 N–H and O–H groups in total. The molecular formula is C22H25N3O4S. The minimum absolute atomic E-state index is 0.0165. The summed E-state index contributed by atoms with van der Waals surface area (Å²) in [7, 11) is 1.57. The molecule has 8 heteroatoms. The van der Waals surface area contributed by atoms with Crippen molar-refractivity contribution in [2.24, 2.45) is 5.92 Å². The van der Waals surface area contributed by atoms with Gasteiger partial charge in [0.2, 0.25) is 5.91 Å². The van der Waals surface area contributed by atoms with Crippen molar-refractivity contribution in [1.82, 2.24) is 9.55 Å². The minimum Gasteiger partial charge on any atom is -0.494 e. The molecule has 7 nitrogen and oxygen atoms in total. The molecule has 0 unspecified atom stereocenters. The first-order valence-electron chi connectivity index (χ1n) is 10.1. The molecule has 0 bridgehead atoms. The molecule has 2 aromatic heterocycles. The zero-order valence-electron chi connectivity index (χ0n) is 16.8. The first-order valence-corrected chi connectivity index (χ1v) is 10.9. The number of carbonyl (C=O) groups is 1. The van der Waals surface area contributed by atoms with Crippen molar-refractivity contribution >= 4 is 22.4 Å². The van der Waals surface area contributed by atoms with E-state index in [4.69, 9.17) is 9.47 Å². The Morgan fingerprint density at radius 1 is 1.33 bits per heavy atom. The first kappa shape index (κ1) is 20.3. The maximum atomic E-state index is 13.1. The molecule has 30 heavy (non-hydrogen) atoms. The summed E-state index contributed by atoms with van der Waals surface area (Å²) in [5.41, 5.74) is 0. The van der Waals surface area contributed by atoms with Crippen LogP contribution in [0.25, 0.3) is 0 Å². The van der Waals surface area contributed by atoms with Crippen LogP contribution in [-0.2, 0) is 4.79 Å². The summed E-state index contributed by atoms with van der Waals surface area (Å²) in [5.74, 6) is 1.82. The molecule has 1 saturated carbocycles. The highest BCUT2D eigenvalue weighted by atomic mass is 32.1. The van der Waals surface area contributed by atoms with E-state index in [1.165, 1.54) is 30.2 Å². The maximum Gasteiger partial charge on any atom is 0.249 e. The fourth-order valence-corrected chi connectivity index (χ4v) is 4.49. The molecule has 1 fully saturated rings. The van der Waals surface area contributed by atoms with Gasteiger partial charge >= 0.3 is 0 Å². The van der Waals surface area contributed by atoms with Gasteiger partial charge in [0, 0.05) is 17.6 Å². The number of methoxy groups -OCH3 is 1. The lowest BCUT2D eigenvalue weighted by atomic mass is 9.97. The number of thiazole rings is 1. The molecule has 3 aromatic rings. The standard InChI is InChI=1S/C22H25N3O4S/c1-28-18-8-4-5-9-19(18)29-16-13-20(26)25(14-16)17(12-15-6-2-3-7-15)21(27)24-22-23-10-11-30-22/h4-5,8-11,13-15,17,26H,2-3,6-7,12H2,1H3,(H,23,24,27)/t17-/m0/s1. The van der Waals surface area contributed by atoms with Gasteiger partial charge < -0.3 is 24.5 Å². The fourth-order valence-electron chi connectivity index (χ4n) is 3.96. The van der Waals surface area contributed by atoms with Crippen molar-refractivity contribution in [3.05, 3.63) is 48.1 Å². The number of nitrogens with one attached hydrogen (secondary N) is 1. The van der Waals surface area contributed by atoms with Crippen molar-refractivity contribution in [2.75, 3.05) is 12.4 Å². The molecule has 1 aromatic carbocycles. The van der Waals surface area contributed by atoms with E-state index in [1.807, 2.05) is 17.5 Å². The molecule has 1 amide bonds. The number of anilines is 1. The van der Waals surface area contributed by atoms with Crippen molar-refractivity contribution in [3.63, 3.8) is 0 Å². The molecule has 1 aliphatic carbocycles. The summed E-state index contributed by atoms with van der Waals surface area (Å²) in [6.07, 6.45) is 8.56. The molecule has 0 radical (unpaired) electrons. The number of aromatic nitrogens is 2. The van der Waals surface area contributed by atoms with Crippen LogP contribution in [0.3, 0.4) is 0 Å². The van der Waals surface area contributed by atoms with Gasteiger partial charge in [-0.2, -0.15) is 0 Å². The topological polar surface area (TPSA) is 85.6 Å². The number of nitrogens with zero attached hydrogens (tertiary/aromatic N) is 2. The van der Waals surface area contributed by atoms with Crippen LogP contribution < -0.4 is 14.8 Å². The second-order valence-corrected chi connectivity index (χ2v) is 8.32. The predicted octanol–water partition coefficient (Wildman–Crippen LogP) is 5.21. The summed E-state index contributed by atoms with van der Waals surface area (Å²) in [5, 5.41) is 15.9. The summed E-state index contributed by atoms with van der Waals surface area (Å²) >= 11 is 1.37. The lowest BCUT2D eigenvalue weighted by molar-refractivity contribution is -0.119. The average molecular weight is 428 g/mol. The molecular weight excluding hydrogens is 402 g/mol. The van der Waals surface area contributed by atoms with Crippen molar-refractivity contribution in [2.45, 2.75) is 38.1 Å². The van der Waals surface area contributed by atoms with E-state index in [1.54, 1.807) is 36.2 Å². The van der Waals surface area contributed by atoms with E-state index in [9.17, 15) is 9.90 Å². The summed E-state index contributed by atoms with van der Waals surface area (Å²) in [6.45, 7) is 0. The van der Waals surface area contributed by atoms with Crippen molar-refractivity contribution < 1.29 is 19.4 Å². The Balaban J connectivity index is 1.58. The van der Waals surface area contributed by atoms with Gasteiger partial charge in [-0.05, 0) is 24.5 Å². The number of benzene rings is 1. The lowest BCUT2D eigenvalue weighted by Gasteiger charge is -2.21. The number of ether oxygens (including phenoxy) is 2. The van der Waals surface area contributed by atoms with Gasteiger partial charge in [-0.25, -0.2) is 4.98 Å². The number of para-hydroxylation sites is 2. The SMILES string of the molecule is COc1ccccc1Oc1cc(O)n([C@@H](CC2CCCC2)C(=O)Nc2nccs2)c1. The van der Waals surface area contributed by atoms with Crippen molar-refractivity contribution in [1.29, 1.82) is 0 Å². The van der Waals surface area contributed by atoms with Crippen LogP contribution in [0.4, 0.5) is 5.13 Å². The second-order valence-electron chi connectivity index (χ2n) is 7.42. The Hall–Kier alpha value is -3.00.